The van der Waals surface area contributed by atoms with E-state index in [1.54, 1.807) is 0 Å². The number of nitrogens with one attached hydrogen (secondary N) is 1. The van der Waals surface area contributed by atoms with Crippen LogP contribution in [0.15, 0.2) is 0 Å². The van der Waals surface area contributed by atoms with Crippen LogP contribution in [0.3, 0.4) is 0 Å². The van der Waals surface area contributed by atoms with Crippen LogP contribution >= 0.6 is 0 Å². The van der Waals surface area contributed by atoms with Gasteiger partial charge in [0.25, 0.3) is 0 Å². The number of carbonyl (C=O) groups excluding carboxylic acids is 1. The smallest absolute Gasteiger partial charge is 0.224 e. The third-order valence-corrected chi connectivity index (χ3v) is 2.49. The zero-order valence-electron chi connectivity index (χ0n) is 7.02. The minimum Gasteiger partial charge on any atom is -0.369 e. The molecule has 1 fully saturated rings. The summed E-state index contributed by atoms with van der Waals surface area (Å²) in [7, 11) is 0. The molecule has 3 nitrogen and oxygen atoms in total. The van der Waals surface area contributed by atoms with Gasteiger partial charge in [0.15, 0.2) is 0 Å². The molecule has 0 radical (unpaired) electrons. The largest absolute Gasteiger partial charge is 0.369 e. The van der Waals surface area contributed by atoms with Crippen molar-refractivity contribution in [1.82, 2.24) is 5.32 Å². The zero-order valence-corrected chi connectivity index (χ0v) is 7.02. The van der Waals surface area contributed by atoms with Gasteiger partial charge < -0.3 is 11.1 Å². The number of hydrogen-bond donors (Lipinski definition) is 2. The first-order valence-electron chi connectivity index (χ1n) is 4.22. The second kappa shape index (κ2) is 3.22. The molecular weight excluding hydrogens is 140 g/mol. The quantitative estimate of drug-likeness (QED) is 0.615. The van der Waals surface area contributed by atoms with E-state index >= 15 is 0 Å². The summed E-state index contributed by atoms with van der Waals surface area (Å²) in [5.41, 5.74) is 5.11. The van der Waals surface area contributed by atoms with Gasteiger partial charge in [-0.2, -0.15) is 0 Å². The Kier molecular flexibility index (Phi) is 2.49. The average Bonchev–Trinajstić information content (AvgIpc) is 2.38. The molecule has 1 unspecified atom stereocenters. The number of amides is 1. The molecule has 3 heteroatoms. The van der Waals surface area contributed by atoms with Crippen molar-refractivity contribution in [3.63, 3.8) is 0 Å². The molecule has 0 aromatic rings. The van der Waals surface area contributed by atoms with Gasteiger partial charge in [0, 0.05) is 6.54 Å². The lowest BCUT2D eigenvalue weighted by atomic mass is 9.82. The molecule has 0 spiro atoms. The predicted molar refractivity (Wildman–Crippen MR) is 44.0 cm³/mol. The van der Waals surface area contributed by atoms with Gasteiger partial charge >= 0.3 is 0 Å². The SMILES string of the molecule is CCCC1(C(N)=O)CCNC1. The van der Waals surface area contributed by atoms with Crippen LogP contribution in [0.25, 0.3) is 0 Å². The predicted octanol–water partition coefficient (Wildman–Crippen LogP) is 0.252. The number of primary amides is 1. The minimum atomic E-state index is -0.227. The molecule has 0 saturated carbocycles. The summed E-state index contributed by atoms with van der Waals surface area (Å²) in [6.45, 7) is 3.79. The van der Waals surface area contributed by atoms with Crippen LogP contribution in [0, 0.1) is 5.41 Å². The van der Waals surface area contributed by atoms with Crippen LogP contribution in [-0.4, -0.2) is 19.0 Å². The van der Waals surface area contributed by atoms with Gasteiger partial charge in [-0.3, -0.25) is 4.79 Å². The first kappa shape index (κ1) is 8.53. The van der Waals surface area contributed by atoms with Crippen molar-refractivity contribution in [2.75, 3.05) is 13.1 Å². The van der Waals surface area contributed by atoms with Crippen molar-refractivity contribution in [3.8, 4) is 0 Å². The summed E-state index contributed by atoms with van der Waals surface area (Å²) >= 11 is 0. The fourth-order valence-electron chi connectivity index (χ4n) is 1.77. The number of rotatable bonds is 3. The molecule has 1 aliphatic rings. The van der Waals surface area contributed by atoms with Crippen molar-refractivity contribution in [2.24, 2.45) is 11.1 Å². The zero-order chi connectivity index (χ0) is 8.32. The number of carbonyl (C=O) groups is 1. The fraction of sp³-hybridized carbons (Fsp3) is 0.875. The van der Waals surface area contributed by atoms with Gasteiger partial charge in [-0.15, -0.1) is 0 Å². The molecule has 1 rings (SSSR count). The Bertz CT molecular complexity index is 150. The van der Waals surface area contributed by atoms with E-state index in [1.807, 2.05) is 0 Å². The Labute approximate surface area is 67.3 Å². The molecule has 11 heavy (non-hydrogen) atoms. The molecule has 1 saturated heterocycles. The Balaban J connectivity index is 2.62. The molecule has 0 aliphatic carbocycles. The van der Waals surface area contributed by atoms with E-state index in [1.165, 1.54) is 0 Å². The van der Waals surface area contributed by atoms with E-state index < -0.39 is 0 Å². The lowest BCUT2D eigenvalue weighted by molar-refractivity contribution is -0.127. The van der Waals surface area contributed by atoms with Crippen LogP contribution in [0.4, 0.5) is 0 Å². The first-order valence-corrected chi connectivity index (χ1v) is 4.22. The van der Waals surface area contributed by atoms with Crippen LogP contribution in [0.2, 0.25) is 0 Å². The van der Waals surface area contributed by atoms with Gasteiger partial charge in [0.1, 0.15) is 0 Å². The molecule has 0 aromatic carbocycles. The number of nitrogens with two attached hydrogens (primary N) is 1. The van der Waals surface area contributed by atoms with E-state index in [0.29, 0.717) is 0 Å². The summed E-state index contributed by atoms with van der Waals surface area (Å²) in [6.07, 6.45) is 2.87. The van der Waals surface area contributed by atoms with Crippen molar-refractivity contribution in [1.29, 1.82) is 0 Å². The highest BCUT2D eigenvalue weighted by atomic mass is 16.1. The van der Waals surface area contributed by atoms with E-state index in [4.69, 9.17) is 5.73 Å². The standard InChI is InChI=1S/C8H16N2O/c1-2-3-8(7(9)11)4-5-10-6-8/h10H,2-6H2,1H3,(H2,9,11). The molecule has 64 valence electrons. The maximum Gasteiger partial charge on any atom is 0.224 e. The topological polar surface area (TPSA) is 55.1 Å². The van der Waals surface area contributed by atoms with Gasteiger partial charge in [0.05, 0.1) is 5.41 Å². The molecule has 1 aliphatic heterocycles. The number of hydrogen-bond acceptors (Lipinski definition) is 2. The van der Waals surface area contributed by atoms with Gasteiger partial charge in [-0.1, -0.05) is 13.3 Å². The van der Waals surface area contributed by atoms with Gasteiger partial charge in [0.2, 0.25) is 5.91 Å². The second-order valence-corrected chi connectivity index (χ2v) is 3.32. The van der Waals surface area contributed by atoms with Crippen molar-refractivity contribution in [3.05, 3.63) is 0 Å². The van der Waals surface area contributed by atoms with Crippen LogP contribution < -0.4 is 11.1 Å². The average molecular weight is 156 g/mol. The monoisotopic (exact) mass is 156 g/mol. The summed E-state index contributed by atoms with van der Waals surface area (Å²) < 4.78 is 0. The summed E-state index contributed by atoms with van der Waals surface area (Å²) in [5, 5.41) is 3.18. The first-order chi connectivity index (χ1) is 5.21. The highest BCUT2D eigenvalue weighted by Gasteiger charge is 2.38. The molecule has 3 N–H and O–H groups in total. The van der Waals surface area contributed by atoms with Crippen LogP contribution in [0.1, 0.15) is 26.2 Å². The van der Waals surface area contributed by atoms with Crippen LogP contribution in [-0.2, 0) is 4.79 Å². The van der Waals surface area contributed by atoms with Gasteiger partial charge in [-0.05, 0) is 19.4 Å². The summed E-state index contributed by atoms with van der Waals surface area (Å²) in [6, 6.07) is 0. The van der Waals surface area contributed by atoms with Crippen molar-refractivity contribution < 1.29 is 4.79 Å². The van der Waals surface area contributed by atoms with E-state index in [-0.39, 0.29) is 11.3 Å². The Morgan fingerprint density at radius 1 is 1.73 bits per heavy atom. The van der Waals surface area contributed by atoms with E-state index in [9.17, 15) is 4.79 Å². The normalized spacial score (nSPS) is 30.6. The lowest BCUT2D eigenvalue weighted by Crippen LogP contribution is -2.38. The van der Waals surface area contributed by atoms with Gasteiger partial charge in [-0.25, -0.2) is 0 Å². The minimum absolute atomic E-state index is 0.135. The van der Waals surface area contributed by atoms with Crippen molar-refractivity contribution in [2.45, 2.75) is 26.2 Å². The molecule has 1 heterocycles. The molecular formula is C8H16N2O. The summed E-state index contributed by atoms with van der Waals surface area (Å²) in [5.74, 6) is -0.135. The Hall–Kier alpha value is -0.570. The maximum absolute atomic E-state index is 11.1. The molecule has 0 bridgehead atoms. The fourth-order valence-corrected chi connectivity index (χ4v) is 1.77. The highest BCUT2D eigenvalue weighted by Crippen LogP contribution is 2.30. The molecule has 1 atom stereocenters. The molecule has 0 aromatic heterocycles. The third kappa shape index (κ3) is 1.53. The summed E-state index contributed by atoms with van der Waals surface area (Å²) in [4.78, 5) is 11.1. The van der Waals surface area contributed by atoms with E-state index in [2.05, 4.69) is 12.2 Å². The highest BCUT2D eigenvalue weighted by molar-refractivity contribution is 5.81. The lowest BCUT2D eigenvalue weighted by Gasteiger charge is -2.22. The maximum atomic E-state index is 11.1. The van der Waals surface area contributed by atoms with E-state index in [0.717, 1.165) is 32.4 Å². The third-order valence-electron chi connectivity index (χ3n) is 2.49. The molecule has 1 amide bonds. The van der Waals surface area contributed by atoms with Crippen molar-refractivity contribution >= 4 is 5.91 Å². The second-order valence-electron chi connectivity index (χ2n) is 3.32. The Morgan fingerprint density at radius 2 is 2.45 bits per heavy atom. The Morgan fingerprint density at radius 3 is 2.82 bits per heavy atom. The van der Waals surface area contributed by atoms with Crippen LogP contribution in [0.5, 0.6) is 0 Å².